The van der Waals surface area contributed by atoms with E-state index in [0.717, 1.165) is 30.0 Å². The predicted molar refractivity (Wildman–Crippen MR) is 121 cm³/mol. The zero-order valence-electron chi connectivity index (χ0n) is 17.3. The SMILES string of the molecule is CCCN(C)c1cc(-n2c(-c3cc(C(C)C)ccc3N)n[nH]c2=S)ccc1C. The summed E-state index contributed by atoms with van der Waals surface area (Å²) in [6.45, 7) is 9.65. The number of H-pyrrole nitrogens is 1. The molecule has 0 amide bonds. The van der Waals surface area contributed by atoms with Gasteiger partial charge in [0.15, 0.2) is 10.6 Å². The molecule has 5 nitrogen and oxygen atoms in total. The highest BCUT2D eigenvalue weighted by molar-refractivity contribution is 7.71. The van der Waals surface area contributed by atoms with Gasteiger partial charge in [-0.1, -0.05) is 32.9 Å². The quantitative estimate of drug-likeness (QED) is 0.430. The van der Waals surface area contributed by atoms with Gasteiger partial charge in [-0.25, -0.2) is 0 Å². The molecule has 148 valence electrons. The van der Waals surface area contributed by atoms with Crippen LogP contribution >= 0.6 is 12.2 Å². The van der Waals surface area contributed by atoms with Gasteiger partial charge in [0.25, 0.3) is 0 Å². The number of nitrogens with two attached hydrogens (primary N) is 1. The number of aromatic nitrogens is 3. The Balaban J connectivity index is 2.17. The van der Waals surface area contributed by atoms with E-state index in [4.69, 9.17) is 18.0 Å². The van der Waals surface area contributed by atoms with Gasteiger partial charge in [0.1, 0.15) is 0 Å². The maximum Gasteiger partial charge on any atom is 0.200 e. The van der Waals surface area contributed by atoms with E-state index in [1.54, 1.807) is 0 Å². The van der Waals surface area contributed by atoms with E-state index in [-0.39, 0.29) is 0 Å². The monoisotopic (exact) mass is 395 g/mol. The van der Waals surface area contributed by atoms with Crippen LogP contribution in [0.4, 0.5) is 11.4 Å². The summed E-state index contributed by atoms with van der Waals surface area (Å²) in [5.74, 6) is 1.14. The molecule has 0 unspecified atom stereocenters. The summed E-state index contributed by atoms with van der Waals surface area (Å²) in [5, 5.41) is 7.45. The second-order valence-corrected chi connectivity index (χ2v) is 7.97. The van der Waals surface area contributed by atoms with Crippen LogP contribution in [0.25, 0.3) is 17.1 Å². The fourth-order valence-corrected chi connectivity index (χ4v) is 3.69. The Hall–Kier alpha value is -2.60. The van der Waals surface area contributed by atoms with Crippen molar-refractivity contribution < 1.29 is 0 Å². The average Bonchev–Trinajstić information content (AvgIpc) is 3.04. The Labute approximate surface area is 172 Å². The van der Waals surface area contributed by atoms with Crippen molar-refractivity contribution in [3.05, 3.63) is 52.3 Å². The van der Waals surface area contributed by atoms with Crippen LogP contribution in [-0.2, 0) is 0 Å². The number of anilines is 2. The number of aromatic amines is 1. The van der Waals surface area contributed by atoms with E-state index in [2.05, 4.69) is 80.2 Å². The van der Waals surface area contributed by atoms with E-state index < -0.39 is 0 Å². The van der Waals surface area contributed by atoms with Crippen molar-refractivity contribution in [3.8, 4) is 17.1 Å². The number of nitrogen functional groups attached to an aromatic ring is 1. The third-order valence-electron chi connectivity index (χ3n) is 5.08. The number of nitrogens with zero attached hydrogens (tertiary/aromatic N) is 3. The Morgan fingerprint density at radius 3 is 2.64 bits per heavy atom. The molecule has 0 saturated carbocycles. The number of nitrogens with one attached hydrogen (secondary N) is 1. The van der Waals surface area contributed by atoms with E-state index >= 15 is 0 Å². The first kappa shape index (κ1) is 20.1. The number of rotatable bonds is 6. The van der Waals surface area contributed by atoms with Crippen LogP contribution in [0.1, 0.15) is 44.2 Å². The lowest BCUT2D eigenvalue weighted by atomic mass is 9.99. The van der Waals surface area contributed by atoms with Crippen molar-refractivity contribution in [2.75, 3.05) is 24.2 Å². The van der Waals surface area contributed by atoms with Crippen LogP contribution in [0, 0.1) is 11.7 Å². The van der Waals surface area contributed by atoms with Crippen molar-refractivity contribution in [3.63, 3.8) is 0 Å². The predicted octanol–water partition coefficient (Wildman–Crippen LogP) is 5.46. The largest absolute Gasteiger partial charge is 0.398 e. The van der Waals surface area contributed by atoms with Gasteiger partial charge in [-0.05, 0) is 66.9 Å². The Morgan fingerprint density at radius 1 is 1.21 bits per heavy atom. The Bertz CT molecular complexity index is 1030. The summed E-state index contributed by atoms with van der Waals surface area (Å²) in [7, 11) is 2.12. The average molecular weight is 396 g/mol. The zero-order chi connectivity index (χ0) is 20.4. The summed E-state index contributed by atoms with van der Waals surface area (Å²) < 4.78 is 2.52. The first-order valence-electron chi connectivity index (χ1n) is 9.72. The second-order valence-electron chi connectivity index (χ2n) is 7.58. The van der Waals surface area contributed by atoms with Crippen molar-refractivity contribution >= 4 is 23.6 Å². The number of aryl methyl sites for hydroxylation is 1. The van der Waals surface area contributed by atoms with Gasteiger partial charge in [-0.2, -0.15) is 5.10 Å². The lowest BCUT2D eigenvalue weighted by Crippen LogP contribution is -2.19. The first-order valence-corrected chi connectivity index (χ1v) is 10.1. The number of hydrogen-bond donors (Lipinski definition) is 2. The molecule has 6 heteroatoms. The Morgan fingerprint density at radius 2 is 1.96 bits per heavy atom. The molecule has 0 bridgehead atoms. The van der Waals surface area contributed by atoms with Crippen LogP contribution in [0.2, 0.25) is 0 Å². The summed E-state index contributed by atoms with van der Waals surface area (Å²) in [6, 6.07) is 12.5. The molecule has 0 spiro atoms. The smallest absolute Gasteiger partial charge is 0.200 e. The summed E-state index contributed by atoms with van der Waals surface area (Å²) >= 11 is 5.57. The molecule has 0 atom stereocenters. The maximum absolute atomic E-state index is 6.31. The summed E-state index contributed by atoms with van der Waals surface area (Å²) in [6.07, 6.45) is 1.09. The second kappa shape index (κ2) is 8.19. The summed E-state index contributed by atoms with van der Waals surface area (Å²) in [4.78, 5) is 2.27. The van der Waals surface area contributed by atoms with Crippen molar-refractivity contribution in [2.45, 2.75) is 40.0 Å². The van der Waals surface area contributed by atoms with Crippen molar-refractivity contribution in [2.24, 2.45) is 0 Å². The van der Waals surface area contributed by atoms with Crippen LogP contribution in [0.5, 0.6) is 0 Å². The standard InChI is InChI=1S/C22H29N5S/c1-6-11-26(5)20-13-17(9-7-15(20)4)27-21(24-25-22(27)28)18-12-16(14(2)3)8-10-19(18)23/h7-10,12-14H,6,11,23H2,1-5H3,(H,25,28). The normalized spacial score (nSPS) is 11.2. The topological polar surface area (TPSA) is 62.9 Å². The molecule has 0 radical (unpaired) electrons. The molecule has 0 saturated heterocycles. The molecular formula is C22H29N5S. The van der Waals surface area contributed by atoms with Gasteiger partial charge >= 0.3 is 0 Å². The number of hydrogen-bond acceptors (Lipinski definition) is 4. The van der Waals surface area contributed by atoms with Crippen LogP contribution in [-0.4, -0.2) is 28.4 Å². The van der Waals surface area contributed by atoms with Gasteiger partial charge < -0.3 is 10.6 Å². The molecular weight excluding hydrogens is 366 g/mol. The minimum absolute atomic E-state index is 0.406. The highest BCUT2D eigenvalue weighted by Crippen LogP contribution is 2.31. The van der Waals surface area contributed by atoms with E-state index in [9.17, 15) is 0 Å². The maximum atomic E-state index is 6.31. The minimum Gasteiger partial charge on any atom is -0.398 e. The van der Waals surface area contributed by atoms with Crippen LogP contribution < -0.4 is 10.6 Å². The molecule has 3 aromatic rings. The van der Waals surface area contributed by atoms with Crippen molar-refractivity contribution in [1.82, 2.24) is 14.8 Å². The van der Waals surface area contributed by atoms with Gasteiger partial charge in [0.2, 0.25) is 0 Å². The molecule has 0 aliphatic rings. The molecule has 3 rings (SSSR count). The van der Waals surface area contributed by atoms with Gasteiger partial charge in [0, 0.05) is 30.5 Å². The highest BCUT2D eigenvalue weighted by Gasteiger charge is 2.16. The molecule has 0 aliphatic carbocycles. The molecule has 0 fully saturated rings. The fourth-order valence-electron chi connectivity index (χ4n) is 3.45. The lowest BCUT2D eigenvalue weighted by Gasteiger charge is -2.22. The number of benzene rings is 2. The van der Waals surface area contributed by atoms with E-state index in [1.165, 1.54) is 16.8 Å². The van der Waals surface area contributed by atoms with Gasteiger partial charge in [-0.15, -0.1) is 0 Å². The van der Waals surface area contributed by atoms with Crippen molar-refractivity contribution in [1.29, 1.82) is 0 Å². The molecule has 0 aliphatic heterocycles. The first-order chi connectivity index (χ1) is 13.3. The molecule has 1 aromatic heterocycles. The van der Waals surface area contributed by atoms with Crippen LogP contribution in [0.15, 0.2) is 36.4 Å². The summed E-state index contributed by atoms with van der Waals surface area (Å²) in [5.41, 5.74) is 12.5. The fraction of sp³-hybridized carbons (Fsp3) is 0.364. The zero-order valence-corrected chi connectivity index (χ0v) is 18.1. The van der Waals surface area contributed by atoms with Gasteiger partial charge in [0.05, 0.1) is 5.69 Å². The lowest BCUT2D eigenvalue weighted by molar-refractivity contribution is 0.848. The third-order valence-corrected chi connectivity index (χ3v) is 5.35. The van der Waals surface area contributed by atoms with E-state index in [0.29, 0.717) is 16.4 Å². The molecule has 28 heavy (non-hydrogen) atoms. The molecule has 1 heterocycles. The van der Waals surface area contributed by atoms with Gasteiger partial charge in [-0.3, -0.25) is 9.67 Å². The Kier molecular flexibility index (Phi) is 5.89. The van der Waals surface area contributed by atoms with E-state index in [1.807, 2.05) is 10.6 Å². The van der Waals surface area contributed by atoms with Crippen LogP contribution in [0.3, 0.4) is 0 Å². The molecule has 3 N–H and O–H groups in total. The highest BCUT2D eigenvalue weighted by atomic mass is 32.1. The minimum atomic E-state index is 0.406. The molecule has 2 aromatic carbocycles. The third kappa shape index (κ3) is 3.83.